The molecule has 1 heterocycles. The number of nitro benzene ring substituents is 1. The van der Waals surface area contributed by atoms with Crippen molar-refractivity contribution in [2.75, 3.05) is 0 Å². The summed E-state index contributed by atoms with van der Waals surface area (Å²) in [5.41, 5.74) is 5.74. The minimum Gasteiger partial charge on any atom is -0.431 e. The molecule has 0 amide bonds. The van der Waals surface area contributed by atoms with E-state index in [9.17, 15) is 14.5 Å². The second kappa shape index (κ2) is 5.40. The van der Waals surface area contributed by atoms with Crippen LogP contribution in [0.3, 0.4) is 0 Å². The molecule has 98 valence electrons. The third-order valence-corrected chi connectivity index (χ3v) is 2.40. The molecule has 2 rings (SSSR count). The average Bonchev–Trinajstić information content (AvgIpc) is 2.39. The van der Waals surface area contributed by atoms with E-state index in [-0.39, 0.29) is 23.9 Å². The Labute approximate surface area is 107 Å². The number of rotatable bonds is 4. The first-order chi connectivity index (χ1) is 9.11. The molecular formula is C12H10FN3O3. The van der Waals surface area contributed by atoms with Gasteiger partial charge in [0.2, 0.25) is 11.6 Å². The van der Waals surface area contributed by atoms with Crippen molar-refractivity contribution in [1.29, 1.82) is 0 Å². The van der Waals surface area contributed by atoms with E-state index in [0.29, 0.717) is 5.56 Å². The molecule has 0 aliphatic heterocycles. The van der Waals surface area contributed by atoms with Gasteiger partial charge in [-0.05, 0) is 12.1 Å². The Morgan fingerprint density at radius 2 is 2.21 bits per heavy atom. The summed E-state index contributed by atoms with van der Waals surface area (Å²) in [5.74, 6) is -0.720. The summed E-state index contributed by atoms with van der Waals surface area (Å²) in [5, 5.41) is 10.8. The highest BCUT2D eigenvalue weighted by atomic mass is 19.1. The number of nitrogens with zero attached hydrogens (tertiary/aromatic N) is 2. The van der Waals surface area contributed by atoms with E-state index in [1.807, 2.05) is 0 Å². The van der Waals surface area contributed by atoms with Crippen molar-refractivity contribution >= 4 is 5.69 Å². The Bertz CT molecular complexity index is 619. The van der Waals surface area contributed by atoms with E-state index in [1.165, 1.54) is 6.20 Å². The molecule has 0 unspecified atom stereocenters. The quantitative estimate of drug-likeness (QED) is 0.675. The molecule has 0 aliphatic rings. The minimum absolute atomic E-state index is 0.124. The first-order valence-electron chi connectivity index (χ1n) is 5.37. The maximum Gasteiger partial charge on any atom is 0.311 e. The summed E-state index contributed by atoms with van der Waals surface area (Å²) < 4.78 is 18.4. The Kier molecular flexibility index (Phi) is 3.67. The average molecular weight is 263 g/mol. The van der Waals surface area contributed by atoms with Gasteiger partial charge in [0, 0.05) is 30.4 Å². The lowest BCUT2D eigenvalue weighted by molar-refractivity contribution is -0.385. The number of ether oxygens (including phenoxy) is 1. The van der Waals surface area contributed by atoms with Crippen LogP contribution in [0.4, 0.5) is 10.1 Å². The van der Waals surface area contributed by atoms with Crippen molar-refractivity contribution in [1.82, 2.24) is 4.98 Å². The van der Waals surface area contributed by atoms with Crippen molar-refractivity contribution in [2.24, 2.45) is 5.73 Å². The SMILES string of the molecule is NCc1cccnc1Oc1cc(F)ccc1[N+](=O)[O-]. The van der Waals surface area contributed by atoms with Crippen LogP contribution in [0.15, 0.2) is 36.5 Å². The summed E-state index contributed by atoms with van der Waals surface area (Å²) in [6.45, 7) is 0.159. The van der Waals surface area contributed by atoms with Crippen LogP contribution in [-0.4, -0.2) is 9.91 Å². The number of halogens is 1. The van der Waals surface area contributed by atoms with Crippen LogP contribution >= 0.6 is 0 Å². The molecule has 19 heavy (non-hydrogen) atoms. The van der Waals surface area contributed by atoms with Gasteiger partial charge in [0.1, 0.15) is 5.82 Å². The number of benzene rings is 1. The van der Waals surface area contributed by atoms with Gasteiger partial charge >= 0.3 is 5.69 Å². The van der Waals surface area contributed by atoms with Gasteiger partial charge in [0.25, 0.3) is 0 Å². The summed E-state index contributed by atoms with van der Waals surface area (Å²) in [6.07, 6.45) is 1.46. The fourth-order valence-corrected chi connectivity index (χ4v) is 1.50. The lowest BCUT2D eigenvalue weighted by atomic mass is 10.2. The highest BCUT2D eigenvalue weighted by molar-refractivity contribution is 5.48. The van der Waals surface area contributed by atoms with Crippen molar-refractivity contribution in [2.45, 2.75) is 6.54 Å². The van der Waals surface area contributed by atoms with Gasteiger partial charge in [-0.2, -0.15) is 0 Å². The first-order valence-corrected chi connectivity index (χ1v) is 5.37. The molecule has 0 saturated heterocycles. The monoisotopic (exact) mass is 263 g/mol. The summed E-state index contributed by atoms with van der Waals surface area (Å²) in [7, 11) is 0. The van der Waals surface area contributed by atoms with Crippen LogP contribution in [0.5, 0.6) is 11.6 Å². The smallest absolute Gasteiger partial charge is 0.311 e. The Morgan fingerprint density at radius 1 is 1.42 bits per heavy atom. The zero-order chi connectivity index (χ0) is 13.8. The second-order valence-electron chi connectivity index (χ2n) is 3.64. The number of hydrogen-bond acceptors (Lipinski definition) is 5. The number of pyridine rings is 1. The zero-order valence-electron chi connectivity index (χ0n) is 9.75. The topological polar surface area (TPSA) is 91.3 Å². The molecule has 2 N–H and O–H groups in total. The molecule has 0 atom stereocenters. The van der Waals surface area contributed by atoms with Crippen LogP contribution in [-0.2, 0) is 6.54 Å². The Balaban J connectivity index is 2.42. The normalized spacial score (nSPS) is 10.2. The van der Waals surface area contributed by atoms with Crippen LogP contribution in [0, 0.1) is 15.9 Å². The molecule has 1 aromatic carbocycles. The molecule has 0 bridgehead atoms. The van der Waals surface area contributed by atoms with Crippen LogP contribution in [0.25, 0.3) is 0 Å². The molecule has 2 aromatic rings. The predicted molar refractivity (Wildman–Crippen MR) is 65.3 cm³/mol. The van der Waals surface area contributed by atoms with Crippen molar-refractivity contribution in [3.8, 4) is 11.6 Å². The highest BCUT2D eigenvalue weighted by Gasteiger charge is 2.18. The molecule has 7 heteroatoms. The maximum atomic E-state index is 13.1. The van der Waals surface area contributed by atoms with Gasteiger partial charge in [-0.3, -0.25) is 10.1 Å². The van der Waals surface area contributed by atoms with Gasteiger partial charge in [-0.15, -0.1) is 0 Å². The van der Waals surface area contributed by atoms with E-state index >= 15 is 0 Å². The van der Waals surface area contributed by atoms with Crippen molar-refractivity contribution in [3.63, 3.8) is 0 Å². The van der Waals surface area contributed by atoms with Gasteiger partial charge in [-0.25, -0.2) is 9.37 Å². The summed E-state index contributed by atoms with van der Waals surface area (Å²) >= 11 is 0. The molecule has 0 aliphatic carbocycles. The standard InChI is InChI=1S/C12H10FN3O3/c13-9-3-4-10(16(17)18)11(6-9)19-12-8(7-14)2-1-5-15-12/h1-6H,7,14H2. The van der Waals surface area contributed by atoms with E-state index in [2.05, 4.69) is 4.98 Å². The van der Waals surface area contributed by atoms with E-state index in [1.54, 1.807) is 12.1 Å². The van der Waals surface area contributed by atoms with Crippen LogP contribution in [0.2, 0.25) is 0 Å². The third kappa shape index (κ3) is 2.83. The van der Waals surface area contributed by atoms with Gasteiger partial charge in [-0.1, -0.05) is 6.07 Å². The Morgan fingerprint density at radius 3 is 2.89 bits per heavy atom. The van der Waals surface area contributed by atoms with Crippen molar-refractivity contribution in [3.05, 3.63) is 58.0 Å². The fraction of sp³-hybridized carbons (Fsp3) is 0.0833. The molecule has 1 aromatic heterocycles. The number of nitrogens with two attached hydrogens (primary N) is 1. The number of nitro groups is 1. The molecule has 6 nitrogen and oxygen atoms in total. The lowest BCUT2D eigenvalue weighted by Gasteiger charge is -2.08. The lowest BCUT2D eigenvalue weighted by Crippen LogP contribution is -2.02. The number of hydrogen-bond donors (Lipinski definition) is 1. The third-order valence-electron chi connectivity index (χ3n) is 2.40. The van der Waals surface area contributed by atoms with Gasteiger partial charge < -0.3 is 10.5 Å². The maximum absolute atomic E-state index is 13.1. The molecular weight excluding hydrogens is 253 g/mol. The largest absolute Gasteiger partial charge is 0.431 e. The van der Waals surface area contributed by atoms with Gasteiger partial charge in [0.05, 0.1) is 4.92 Å². The molecule has 0 spiro atoms. The van der Waals surface area contributed by atoms with Crippen LogP contribution in [0.1, 0.15) is 5.56 Å². The van der Waals surface area contributed by atoms with E-state index < -0.39 is 10.7 Å². The van der Waals surface area contributed by atoms with Crippen LogP contribution < -0.4 is 10.5 Å². The summed E-state index contributed by atoms with van der Waals surface area (Å²) in [4.78, 5) is 14.1. The molecule has 0 saturated carbocycles. The highest BCUT2D eigenvalue weighted by Crippen LogP contribution is 2.32. The van der Waals surface area contributed by atoms with Crippen molar-refractivity contribution < 1.29 is 14.1 Å². The zero-order valence-corrected chi connectivity index (χ0v) is 9.75. The molecule has 0 radical (unpaired) electrons. The first kappa shape index (κ1) is 12.9. The summed E-state index contributed by atoms with van der Waals surface area (Å²) in [6, 6.07) is 6.30. The van der Waals surface area contributed by atoms with E-state index in [0.717, 1.165) is 18.2 Å². The Hall–Kier alpha value is -2.54. The fourth-order valence-electron chi connectivity index (χ4n) is 1.50. The van der Waals surface area contributed by atoms with E-state index in [4.69, 9.17) is 10.5 Å². The predicted octanol–water partition coefficient (Wildman–Crippen LogP) is 2.38. The van der Waals surface area contributed by atoms with Gasteiger partial charge in [0.15, 0.2) is 0 Å². The molecule has 0 fully saturated rings. The second-order valence-corrected chi connectivity index (χ2v) is 3.64. The minimum atomic E-state index is -0.653. The number of aromatic nitrogens is 1.